The van der Waals surface area contributed by atoms with Crippen molar-refractivity contribution >= 4 is 16.6 Å². The minimum absolute atomic E-state index is 0.170. The summed E-state index contributed by atoms with van der Waals surface area (Å²) in [6, 6.07) is 11.5. The summed E-state index contributed by atoms with van der Waals surface area (Å²) in [6.45, 7) is 2.33. The first kappa shape index (κ1) is 21.8. The Morgan fingerprint density at radius 1 is 1.00 bits per heavy atom. The molecule has 9 nitrogen and oxygen atoms in total. The number of fused-ring (bicyclic) bond motifs is 3. The Hall–Kier alpha value is -3.43. The van der Waals surface area contributed by atoms with Crippen molar-refractivity contribution in [3.63, 3.8) is 0 Å². The molecule has 0 radical (unpaired) electrons. The van der Waals surface area contributed by atoms with Crippen LogP contribution in [0.2, 0.25) is 0 Å². The molecule has 0 saturated carbocycles. The number of hydrogen-bond acceptors (Lipinski definition) is 8. The Kier molecular flexibility index (Phi) is 6.67. The lowest BCUT2D eigenvalue weighted by atomic mass is 10.2. The first-order valence-corrected chi connectivity index (χ1v) is 10.4. The molecule has 0 bridgehead atoms. The van der Waals surface area contributed by atoms with E-state index in [0.717, 1.165) is 35.2 Å². The fourth-order valence-corrected chi connectivity index (χ4v) is 3.56. The molecule has 0 aliphatic rings. The van der Waals surface area contributed by atoms with Gasteiger partial charge in [0.25, 0.3) is 0 Å². The van der Waals surface area contributed by atoms with Crippen LogP contribution in [0, 0.1) is 0 Å². The maximum Gasteiger partial charge on any atom is 0.171 e. The van der Waals surface area contributed by atoms with Gasteiger partial charge in [0.2, 0.25) is 0 Å². The van der Waals surface area contributed by atoms with Gasteiger partial charge < -0.3 is 24.2 Å². The van der Waals surface area contributed by atoms with Crippen LogP contribution in [0.1, 0.15) is 6.42 Å². The van der Waals surface area contributed by atoms with Gasteiger partial charge in [0, 0.05) is 30.1 Å². The van der Waals surface area contributed by atoms with E-state index in [4.69, 9.17) is 19.3 Å². The van der Waals surface area contributed by atoms with Crippen LogP contribution < -0.4 is 14.2 Å². The van der Waals surface area contributed by atoms with Crippen molar-refractivity contribution in [2.24, 2.45) is 0 Å². The molecule has 0 spiro atoms. The lowest BCUT2D eigenvalue weighted by molar-refractivity contribution is 0.207. The van der Waals surface area contributed by atoms with E-state index in [1.165, 1.54) is 0 Å². The van der Waals surface area contributed by atoms with Gasteiger partial charge in [0.05, 0.1) is 33.0 Å². The van der Waals surface area contributed by atoms with Crippen LogP contribution in [0.25, 0.3) is 27.9 Å². The molecule has 4 aromatic rings. The van der Waals surface area contributed by atoms with Gasteiger partial charge in [-0.1, -0.05) is 0 Å². The largest absolute Gasteiger partial charge is 0.494 e. The number of methoxy groups -OCH3 is 2. The second kappa shape index (κ2) is 9.80. The molecule has 1 N–H and O–H groups in total. The molecule has 9 heteroatoms. The summed E-state index contributed by atoms with van der Waals surface area (Å²) in [5.74, 6) is 2.73. The Bertz CT molecular complexity index is 1190. The predicted octanol–water partition coefficient (Wildman–Crippen LogP) is 2.65. The summed E-state index contributed by atoms with van der Waals surface area (Å²) in [5, 5.41) is 18.6. The van der Waals surface area contributed by atoms with Gasteiger partial charge in [-0.15, -0.1) is 10.2 Å². The van der Waals surface area contributed by atoms with E-state index in [9.17, 15) is 0 Å². The van der Waals surface area contributed by atoms with Crippen LogP contribution >= 0.6 is 0 Å². The second-order valence-electron chi connectivity index (χ2n) is 7.44. The Morgan fingerprint density at radius 2 is 1.75 bits per heavy atom. The molecule has 2 aromatic carbocycles. The van der Waals surface area contributed by atoms with Crippen molar-refractivity contribution < 1.29 is 19.3 Å². The Labute approximate surface area is 186 Å². The number of ether oxygens (including phenoxy) is 3. The number of nitrogens with zero attached hydrogens (tertiary/aromatic N) is 5. The van der Waals surface area contributed by atoms with Gasteiger partial charge in [-0.2, -0.15) is 0 Å². The molecule has 0 unspecified atom stereocenters. The molecule has 0 saturated heterocycles. The third kappa shape index (κ3) is 4.44. The van der Waals surface area contributed by atoms with Crippen LogP contribution in [0.4, 0.5) is 0 Å². The average molecular weight is 438 g/mol. The lowest BCUT2D eigenvalue weighted by Gasteiger charge is -2.14. The molecule has 2 heterocycles. The summed E-state index contributed by atoms with van der Waals surface area (Å²) in [4.78, 5) is 6.63. The highest BCUT2D eigenvalue weighted by Crippen LogP contribution is 2.33. The van der Waals surface area contributed by atoms with Crippen molar-refractivity contribution in [3.8, 4) is 28.6 Å². The highest BCUT2D eigenvalue weighted by molar-refractivity contribution is 5.94. The minimum Gasteiger partial charge on any atom is -0.494 e. The number of likely N-dealkylation sites (N-methyl/N-ethyl adjacent to an activating group) is 1. The van der Waals surface area contributed by atoms with Crippen LogP contribution in [-0.4, -0.2) is 77.2 Å². The molecule has 0 aliphatic heterocycles. The number of aromatic nitrogens is 4. The van der Waals surface area contributed by atoms with Crippen LogP contribution in [0.3, 0.4) is 0 Å². The van der Waals surface area contributed by atoms with Gasteiger partial charge in [-0.05, 0) is 43.8 Å². The molecule has 168 valence electrons. The van der Waals surface area contributed by atoms with E-state index in [2.05, 4.69) is 20.1 Å². The fraction of sp³-hybridized carbons (Fsp3) is 0.348. The summed E-state index contributed by atoms with van der Waals surface area (Å²) < 4.78 is 18.5. The maximum atomic E-state index is 8.94. The Morgan fingerprint density at radius 3 is 2.47 bits per heavy atom. The summed E-state index contributed by atoms with van der Waals surface area (Å²) >= 11 is 0. The standard InChI is InChI=1S/C23H27N5O4/c1-27(10-11-29)9-4-12-32-17-7-5-16(6-8-17)22-25-26-23-18-13-20(30-2)21(31-3)14-19(18)24-15-28(22)23/h5-8,13-15,29H,4,9-12H2,1-3H3. The summed E-state index contributed by atoms with van der Waals surface area (Å²) in [7, 11) is 5.18. The van der Waals surface area contributed by atoms with Crippen molar-refractivity contribution in [1.82, 2.24) is 24.5 Å². The van der Waals surface area contributed by atoms with Crippen molar-refractivity contribution in [2.75, 3.05) is 47.6 Å². The predicted molar refractivity (Wildman–Crippen MR) is 122 cm³/mol. The molecule has 0 fully saturated rings. The van der Waals surface area contributed by atoms with E-state index in [-0.39, 0.29) is 6.61 Å². The number of aliphatic hydroxyl groups is 1. The molecule has 32 heavy (non-hydrogen) atoms. The molecule has 0 amide bonds. The quantitative estimate of drug-likeness (QED) is 0.379. The minimum atomic E-state index is 0.170. The van der Waals surface area contributed by atoms with Gasteiger partial charge in [0.1, 0.15) is 12.1 Å². The van der Waals surface area contributed by atoms with Gasteiger partial charge in [-0.3, -0.25) is 4.40 Å². The molecule has 4 rings (SSSR count). The van der Waals surface area contributed by atoms with E-state index in [0.29, 0.717) is 36.1 Å². The number of hydrogen-bond donors (Lipinski definition) is 1. The number of benzene rings is 2. The van der Waals surface area contributed by atoms with E-state index in [1.54, 1.807) is 20.5 Å². The monoisotopic (exact) mass is 437 g/mol. The molecule has 0 aliphatic carbocycles. The molecule has 2 aromatic heterocycles. The smallest absolute Gasteiger partial charge is 0.171 e. The fourth-order valence-electron chi connectivity index (χ4n) is 3.56. The zero-order valence-electron chi connectivity index (χ0n) is 18.5. The van der Waals surface area contributed by atoms with Crippen LogP contribution in [0.5, 0.6) is 17.2 Å². The van der Waals surface area contributed by atoms with E-state index < -0.39 is 0 Å². The second-order valence-corrected chi connectivity index (χ2v) is 7.44. The lowest BCUT2D eigenvalue weighted by Crippen LogP contribution is -2.24. The molecule has 0 atom stereocenters. The Balaban J connectivity index is 1.53. The van der Waals surface area contributed by atoms with E-state index >= 15 is 0 Å². The average Bonchev–Trinajstić information content (AvgIpc) is 3.26. The van der Waals surface area contributed by atoms with Gasteiger partial charge >= 0.3 is 0 Å². The zero-order chi connectivity index (χ0) is 22.5. The zero-order valence-corrected chi connectivity index (χ0v) is 18.5. The van der Waals surface area contributed by atoms with Crippen molar-refractivity contribution in [3.05, 3.63) is 42.7 Å². The summed E-state index contributed by atoms with van der Waals surface area (Å²) in [6.07, 6.45) is 2.60. The highest BCUT2D eigenvalue weighted by Gasteiger charge is 2.15. The highest BCUT2D eigenvalue weighted by atomic mass is 16.5. The first-order chi connectivity index (χ1) is 15.6. The maximum absolute atomic E-state index is 8.94. The SMILES string of the molecule is COc1cc2ncn3c(-c4ccc(OCCCN(C)CCO)cc4)nnc3c2cc1OC. The third-order valence-corrected chi connectivity index (χ3v) is 5.30. The van der Waals surface area contributed by atoms with Crippen molar-refractivity contribution in [1.29, 1.82) is 0 Å². The number of rotatable bonds is 10. The van der Waals surface area contributed by atoms with Crippen LogP contribution in [0.15, 0.2) is 42.7 Å². The molecular weight excluding hydrogens is 410 g/mol. The third-order valence-electron chi connectivity index (χ3n) is 5.30. The summed E-state index contributed by atoms with van der Waals surface area (Å²) in [5.41, 5.74) is 2.36. The van der Waals surface area contributed by atoms with Gasteiger partial charge in [0.15, 0.2) is 23.0 Å². The molecular formula is C23H27N5O4. The topological polar surface area (TPSA) is 94.2 Å². The van der Waals surface area contributed by atoms with Crippen molar-refractivity contribution in [2.45, 2.75) is 6.42 Å². The number of aliphatic hydroxyl groups excluding tert-OH is 1. The van der Waals surface area contributed by atoms with E-state index in [1.807, 2.05) is 47.8 Å². The van der Waals surface area contributed by atoms with Gasteiger partial charge in [-0.25, -0.2) is 4.98 Å². The van der Waals surface area contributed by atoms with Crippen LogP contribution in [-0.2, 0) is 0 Å². The normalized spacial score (nSPS) is 11.4. The first-order valence-electron chi connectivity index (χ1n) is 10.4.